The molecule has 14 heavy (non-hydrogen) atoms. The number of anilines is 1. The van der Waals surface area contributed by atoms with E-state index in [1.54, 1.807) is 0 Å². The van der Waals surface area contributed by atoms with Crippen LogP contribution in [0.3, 0.4) is 0 Å². The second-order valence-electron chi connectivity index (χ2n) is 3.82. The summed E-state index contributed by atoms with van der Waals surface area (Å²) in [5.74, 6) is -0.140. The third-order valence-electron chi connectivity index (χ3n) is 1.32. The van der Waals surface area contributed by atoms with Gasteiger partial charge in [0.05, 0.1) is 6.54 Å². The molecule has 0 radical (unpaired) electrons. The van der Waals surface area contributed by atoms with Gasteiger partial charge in [-0.3, -0.25) is 10.1 Å². The summed E-state index contributed by atoms with van der Waals surface area (Å²) >= 11 is 1.05. The van der Waals surface area contributed by atoms with E-state index >= 15 is 0 Å². The molecule has 0 unspecified atom stereocenters. The molecule has 7 heteroatoms. The maximum atomic E-state index is 11.3. The molecular weight excluding hydrogens is 202 g/mol. The molecule has 1 amide bonds. The van der Waals surface area contributed by atoms with Gasteiger partial charge in [0, 0.05) is 17.1 Å². The molecule has 78 valence electrons. The molecule has 0 aliphatic carbocycles. The molecule has 0 aliphatic rings. The number of hydrogen-bond acceptors (Lipinski definition) is 6. The van der Waals surface area contributed by atoms with E-state index < -0.39 is 0 Å². The summed E-state index contributed by atoms with van der Waals surface area (Å²) in [6.07, 6.45) is 0. The van der Waals surface area contributed by atoms with E-state index in [-0.39, 0.29) is 18.0 Å². The quantitative estimate of drug-likeness (QED) is 0.756. The zero-order chi connectivity index (χ0) is 10.6. The van der Waals surface area contributed by atoms with Crippen molar-refractivity contribution in [2.75, 3.05) is 11.9 Å². The van der Waals surface area contributed by atoms with Gasteiger partial charge in [-0.25, -0.2) is 0 Å². The molecule has 0 saturated carbocycles. The number of carbonyl (C=O) groups excluding carboxylic acids is 1. The number of hydrogen-bond donors (Lipinski definition) is 2. The van der Waals surface area contributed by atoms with E-state index in [4.69, 9.17) is 0 Å². The van der Waals surface area contributed by atoms with Gasteiger partial charge in [-0.15, -0.1) is 0 Å². The third kappa shape index (κ3) is 4.24. The van der Waals surface area contributed by atoms with Gasteiger partial charge in [0.15, 0.2) is 0 Å². The van der Waals surface area contributed by atoms with Gasteiger partial charge in [0.25, 0.3) is 0 Å². The highest BCUT2D eigenvalue weighted by Gasteiger charge is 2.12. The molecule has 0 bridgehead atoms. The average molecular weight is 215 g/mol. The van der Waals surface area contributed by atoms with Crippen LogP contribution in [-0.4, -0.2) is 32.8 Å². The molecule has 0 atom stereocenters. The Bertz CT molecular complexity index is 292. The maximum absolute atomic E-state index is 11.3. The summed E-state index contributed by atoms with van der Waals surface area (Å²) in [7, 11) is 0. The van der Waals surface area contributed by atoms with Crippen molar-refractivity contribution >= 4 is 22.6 Å². The SMILES string of the molecule is CC(C)(C)NCC(=O)Nc1nnns1. The first-order valence-electron chi connectivity index (χ1n) is 4.17. The van der Waals surface area contributed by atoms with Crippen LogP contribution in [0.5, 0.6) is 0 Å². The molecule has 0 aliphatic heterocycles. The minimum absolute atomic E-state index is 0.0727. The van der Waals surface area contributed by atoms with E-state index in [0.717, 1.165) is 11.5 Å². The summed E-state index contributed by atoms with van der Waals surface area (Å²) in [6, 6.07) is 0. The van der Waals surface area contributed by atoms with Crippen molar-refractivity contribution in [3.63, 3.8) is 0 Å². The number of nitrogens with one attached hydrogen (secondary N) is 2. The lowest BCUT2D eigenvalue weighted by molar-refractivity contribution is -0.115. The van der Waals surface area contributed by atoms with Crippen LogP contribution in [0, 0.1) is 0 Å². The molecule has 1 rings (SSSR count). The van der Waals surface area contributed by atoms with Gasteiger partial charge >= 0.3 is 0 Å². The van der Waals surface area contributed by atoms with E-state index in [1.165, 1.54) is 0 Å². The Morgan fingerprint density at radius 2 is 2.21 bits per heavy atom. The van der Waals surface area contributed by atoms with Crippen molar-refractivity contribution in [1.82, 2.24) is 20.1 Å². The molecular formula is C7H13N5OS. The van der Waals surface area contributed by atoms with Gasteiger partial charge in [-0.05, 0) is 26.0 Å². The molecule has 0 spiro atoms. The molecule has 1 aromatic heterocycles. The van der Waals surface area contributed by atoms with E-state index in [2.05, 4.69) is 25.4 Å². The Balaban J connectivity index is 2.30. The predicted molar refractivity (Wildman–Crippen MR) is 54.1 cm³/mol. The van der Waals surface area contributed by atoms with Gasteiger partial charge in [0.2, 0.25) is 11.0 Å². The minimum atomic E-state index is -0.140. The standard InChI is InChI=1S/C7H13N5OS/c1-7(2,3)8-4-5(13)9-6-10-11-12-14-6/h8H,4H2,1-3H3,(H,9,10,12,13). The molecule has 0 aromatic carbocycles. The second kappa shape index (κ2) is 4.43. The van der Waals surface area contributed by atoms with Crippen LogP contribution in [0.4, 0.5) is 5.13 Å². The number of nitrogens with zero attached hydrogens (tertiary/aromatic N) is 3. The minimum Gasteiger partial charge on any atom is -0.304 e. The lowest BCUT2D eigenvalue weighted by atomic mass is 10.1. The van der Waals surface area contributed by atoms with Gasteiger partial charge in [-0.1, -0.05) is 9.59 Å². The highest BCUT2D eigenvalue weighted by Crippen LogP contribution is 2.04. The predicted octanol–water partition coefficient (Wildman–Crippen LogP) is 0.260. The normalized spacial score (nSPS) is 11.4. The Morgan fingerprint density at radius 3 is 2.71 bits per heavy atom. The molecule has 0 saturated heterocycles. The van der Waals surface area contributed by atoms with Crippen molar-refractivity contribution < 1.29 is 4.79 Å². The molecule has 1 aromatic rings. The topological polar surface area (TPSA) is 79.8 Å². The van der Waals surface area contributed by atoms with E-state index in [0.29, 0.717) is 5.13 Å². The fourth-order valence-corrected chi connectivity index (χ4v) is 1.07. The number of aromatic nitrogens is 3. The highest BCUT2D eigenvalue weighted by molar-refractivity contribution is 7.09. The Kier molecular flexibility index (Phi) is 3.48. The molecule has 6 nitrogen and oxygen atoms in total. The van der Waals surface area contributed by atoms with Crippen molar-refractivity contribution in [2.24, 2.45) is 0 Å². The van der Waals surface area contributed by atoms with Crippen LogP contribution < -0.4 is 10.6 Å². The summed E-state index contributed by atoms with van der Waals surface area (Å²) in [5, 5.41) is 13.0. The summed E-state index contributed by atoms with van der Waals surface area (Å²) < 4.78 is 3.53. The van der Waals surface area contributed by atoms with Crippen molar-refractivity contribution in [3.05, 3.63) is 0 Å². The monoisotopic (exact) mass is 215 g/mol. The van der Waals surface area contributed by atoms with Crippen molar-refractivity contribution in [2.45, 2.75) is 26.3 Å². The zero-order valence-corrected chi connectivity index (χ0v) is 9.18. The van der Waals surface area contributed by atoms with Crippen LogP contribution in [-0.2, 0) is 4.79 Å². The Morgan fingerprint density at radius 1 is 1.50 bits per heavy atom. The molecule has 0 fully saturated rings. The van der Waals surface area contributed by atoms with Crippen molar-refractivity contribution in [3.8, 4) is 0 Å². The largest absolute Gasteiger partial charge is 0.304 e. The van der Waals surface area contributed by atoms with E-state index in [9.17, 15) is 4.79 Å². The van der Waals surface area contributed by atoms with Gasteiger partial charge < -0.3 is 5.32 Å². The molecule has 2 N–H and O–H groups in total. The fourth-order valence-electron chi connectivity index (χ4n) is 0.691. The first-order valence-corrected chi connectivity index (χ1v) is 4.94. The van der Waals surface area contributed by atoms with Crippen LogP contribution in [0.2, 0.25) is 0 Å². The highest BCUT2D eigenvalue weighted by atomic mass is 32.1. The lowest BCUT2D eigenvalue weighted by Crippen LogP contribution is -2.41. The Hall–Kier alpha value is -1.08. The summed E-state index contributed by atoms with van der Waals surface area (Å²) in [4.78, 5) is 11.3. The van der Waals surface area contributed by atoms with Crippen LogP contribution in [0.1, 0.15) is 20.8 Å². The maximum Gasteiger partial charge on any atom is 0.240 e. The first-order chi connectivity index (χ1) is 6.47. The summed E-state index contributed by atoms with van der Waals surface area (Å²) in [6.45, 7) is 6.23. The number of amides is 1. The van der Waals surface area contributed by atoms with E-state index in [1.807, 2.05) is 20.8 Å². The van der Waals surface area contributed by atoms with Crippen LogP contribution in [0.25, 0.3) is 0 Å². The smallest absolute Gasteiger partial charge is 0.240 e. The zero-order valence-electron chi connectivity index (χ0n) is 8.37. The average Bonchev–Trinajstić information content (AvgIpc) is 2.52. The van der Waals surface area contributed by atoms with Gasteiger partial charge in [-0.2, -0.15) is 0 Å². The van der Waals surface area contributed by atoms with Crippen LogP contribution in [0.15, 0.2) is 0 Å². The van der Waals surface area contributed by atoms with Crippen molar-refractivity contribution in [1.29, 1.82) is 0 Å². The fraction of sp³-hybridized carbons (Fsp3) is 0.714. The lowest BCUT2D eigenvalue weighted by Gasteiger charge is -2.19. The molecule has 1 heterocycles. The van der Waals surface area contributed by atoms with Crippen LogP contribution >= 0.6 is 11.5 Å². The Labute approximate surface area is 86.3 Å². The number of rotatable bonds is 3. The van der Waals surface area contributed by atoms with Gasteiger partial charge in [0.1, 0.15) is 0 Å². The first kappa shape index (κ1) is 11.0. The summed E-state index contributed by atoms with van der Waals surface area (Å²) in [5.41, 5.74) is -0.0727. The second-order valence-corrected chi connectivity index (χ2v) is 4.55. The number of carbonyl (C=O) groups is 1. The third-order valence-corrected chi connectivity index (χ3v) is 1.84.